The molecule has 0 atom stereocenters. The summed E-state index contributed by atoms with van der Waals surface area (Å²) in [7, 11) is 0. The molecule has 0 aliphatic heterocycles. The molecule has 1 aromatic rings. The zero-order valence-corrected chi connectivity index (χ0v) is 11.0. The molecule has 0 spiro atoms. The number of nitrogens with one attached hydrogen (secondary N) is 1. The molecule has 7 heteroatoms. The van der Waals surface area contributed by atoms with E-state index in [9.17, 15) is 4.79 Å². The highest BCUT2D eigenvalue weighted by molar-refractivity contribution is 7.80. The van der Waals surface area contributed by atoms with Crippen LogP contribution in [0.15, 0.2) is 10.9 Å². The van der Waals surface area contributed by atoms with Crippen LogP contribution in [0, 0.1) is 11.3 Å². The average molecular weight is 268 g/mol. The highest BCUT2D eigenvalue weighted by Crippen LogP contribution is 2.45. The van der Waals surface area contributed by atoms with Crippen molar-refractivity contribution in [3.8, 4) is 0 Å². The maximum Gasteiger partial charge on any atom is 0.233 e. The van der Waals surface area contributed by atoms with Crippen molar-refractivity contribution in [2.75, 3.05) is 6.54 Å². The lowest BCUT2D eigenvalue weighted by atomic mass is 9.62. The third kappa shape index (κ3) is 2.35. The first-order valence-electron chi connectivity index (χ1n) is 5.88. The van der Waals surface area contributed by atoms with Gasteiger partial charge in [-0.1, -0.05) is 24.3 Å². The smallest absolute Gasteiger partial charge is 0.233 e. The molecule has 1 aromatic heterocycles. The van der Waals surface area contributed by atoms with Crippen molar-refractivity contribution in [1.29, 1.82) is 0 Å². The van der Waals surface area contributed by atoms with Crippen molar-refractivity contribution >= 4 is 23.1 Å². The van der Waals surface area contributed by atoms with Crippen molar-refractivity contribution < 1.29 is 9.32 Å². The Morgan fingerprint density at radius 2 is 2.44 bits per heavy atom. The maximum absolute atomic E-state index is 12.1. The number of nitrogens with zero attached hydrogens (tertiary/aromatic N) is 2. The lowest BCUT2D eigenvalue weighted by Gasteiger charge is -2.44. The lowest BCUT2D eigenvalue weighted by molar-refractivity contribution is -0.132. The van der Waals surface area contributed by atoms with Gasteiger partial charge in [-0.25, -0.2) is 0 Å². The minimum Gasteiger partial charge on any atom is -0.392 e. The van der Waals surface area contributed by atoms with Gasteiger partial charge in [0.15, 0.2) is 5.82 Å². The normalized spacial score (nSPS) is 26.4. The molecule has 0 bridgehead atoms. The van der Waals surface area contributed by atoms with Crippen LogP contribution in [0.2, 0.25) is 0 Å². The number of rotatable bonds is 5. The number of carbonyl (C=O) groups excluding carboxylic acids is 1. The van der Waals surface area contributed by atoms with E-state index in [1.165, 1.54) is 6.39 Å². The van der Waals surface area contributed by atoms with Crippen LogP contribution in [0.3, 0.4) is 0 Å². The maximum atomic E-state index is 12.1. The molecule has 0 radical (unpaired) electrons. The van der Waals surface area contributed by atoms with Crippen molar-refractivity contribution in [3.05, 3.63) is 12.2 Å². The summed E-state index contributed by atoms with van der Waals surface area (Å²) < 4.78 is 4.61. The van der Waals surface area contributed by atoms with E-state index in [0.29, 0.717) is 24.7 Å². The SMILES string of the molecule is CC1CC(C(=O)NCCc2ncon2)(C(N)=S)C1. The van der Waals surface area contributed by atoms with E-state index in [0.717, 1.165) is 12.8 Å². The molecular weight excluding hydrogens is 252 g/mol. The first-order valence-corrected chi connectivity index (χ1v) is 6.29. The van der Waals surface area contributed by atoms with Crippen LogP contribution in [0.1, 0.15) is 25.6 Å². The van der Waals surface area contributed by atoms with Gasteiger partial charge < -0.3 is 15.6 Å². The van der Waals surface area contributed by atoms with Crippen LogP contribution >= 0.6 is 12.2 Å². The molecule has 0 aromatic carbocycles. The Morgan fingerprint density at radius 1 is 1.72 bits per heavy atom. The summed E-state index contributed by atoms with van der Waals surface area (Å²) >= 11 is 5.02. The second kappa shape index (κ2) is 5.01. The van der Waals surface area contributed by atoms with Crippen LogP contribution in [0.5, 0.6) is 0 Å². The van der Waals surface area contributed by atoms with Crippen molar-refractivity contribution in [3.63, 3.8) is 0 Å². The Bertz CT molecular complexity index is 440. The van der Waals surface area contributed by atoms with Crippen LogP contribution in [-0.4, -0.2) is 27.6 Å². The van der Waals surface area contributed by atoms with Crippen molar-refractivity contribution in [2.24, 2.45) is 17.1 Å². The van der Waals surface area contributed by atoms with Gasteiger partial charge in [0.1, 0.15) is 0 Å². The minimum absolute atomic E-state index is 0.0865. The monoisotopic (exact) mass is 268 g/mol. The zero-order valence-electron chi connectivity index (χ0n) is 10.2. The molecule has 1 saturated carbocycles. The Kier molecular flexibility index (Phi) is 3.60. The summed E-state index contributed by atoms with van der Waals surface area (Å²) in [4.78, 5) is 16.3. The standard InChI is InChI=1S/C11H16N4O2S/c1-7-4-11(5-7,9(12)18)10(16)13-3-2-8-14-6-17-15-8/h6-7H,2-5H2,1H3,(H2,12,18)(H,13,16). The molecule has 3 N–H and O–H groups in total. The van der Waals surface area contributed by atoms with Gasteiger partial charge in [-0.05, 0) is 18.8 Å². The van der Waals surface area contributed by atoms with Gasteiger partial charge in [0.05, 0.1) is 10.4 Å². The summed E-state index contributed by atoms with van der Waals surface area (Å²) in [5.41, 5.74) is 5.05. The number of amides is 1. The van der Waals surface area contributed by atoms with E-state index < -0.39 is 5.41 Å². The molecule has 2 rings (SSSR count). The fourth-order valence-electron chi connectivity index (χ4n) is 2.39. The fraction of sp³-hybridized carbons (Fsp3) is 0.636. The van der Waals surface area contributed by atoms with Gasteiger partial charge in [-0.3, -0.25) is 4.79 Å². The molecular formula is C11H16N4O2S. The van der Waals surface area contributed by atoms with Crippen LogP contribution in [0.25, 0.3) is 0 Å². The summed E-state index contributed by atoms with van der Waals surface area (Å²) in [6, 6.07) is 0. The highest BCUT2D eigenvalue weighted by Gasteiger charge is 2.50. The average Bonchev–Trinajstić information content (AvgIpc) is 2.76. The number of aromatic nitrogens is 2. The molecule has 0 saturated heterocycles. The van der Waals surface area contributed by atoms with E-state index in [1.54, 1.807) is 0 Å². The quantitative estimate of drug-likeness (QED) is 0.752. The Morgan fingerprint density at radius 3 is 2.94 bits per heavy atom. The fourth-order valence-corrected chi connectivity index (χ4v) is 2.65. The van der Waals surface area contributed by atoms with Gasteiger partial charge in [0.2, 0.25) is 12.3 Å². The predicted octanol–water partition coefficient (Wildman–Crippen LogP) is 0.431. The van der Waals surface area contributed by atoms with Gasteiger partial charge in [0.25, 0.3) is 0 Å². The third-order valence-corrected chi connectivity index (χ3v) is 3.73. The van der Waals surface area contributed by atoms with Crippen molar-refractivity contribution in [1.82, 2.24) is 15.5 Å². The van der Waals surface area contributed by atoms with E-state index >= 15 is 0 Å². The molecule has 1 aliphatic carbocycles. The van der Waals surface area contributed by atoms with E-state index in [-0.39, 0.29) is 10.9 Å². The Labute approximate surface area is 110 Å². The van der Waals surface area contributed by atoms with Crippen LogP contribution < -0.4 is 11.1 Å². The zero-order chi connectivity index (χ0) is 13.2. The summed E-state index contributed by atoms with van der Waals surface area (Å²) in [6.07, 6.45) is 3.26. The molecule has 1 heterocycles. The second-order valence-corrected chi connectivity index (χ2v) is 5.25. The van der Waals surface area contributed by atoms with Gasteiger partial charge >= 0.3 is 0 Å². The summed E-state index contributed by atoms with van der Waals surface area (Å²) in [5, 5.41) is 6.51. The predicted molar refractivity (Wildman–Crippen MR) is 68.6 cm³/mol. The van der Waals surface area contributed by atoms with Crippen LogP contribution in [0.4, 0.5) is 0 Å². The molecule has 1 amide bonds. The topological polar surface area (TPSA) is 94.0 Å². The van der Waals surface area contributed by atoms with Crippen molar-refractivity contribution in [2.45, 2.75) is 26.2 Å². The third-order valence-electron chi connectivity index (χ3n) is 3.34. The molecule has 18 heavy (non-hydrogen) atoms. The molecule has 0 unspecified atom stereocenters. The number of hydrogen-bond acceptors (Lipinski definition) is 5. The van der Waals surface area contributed by atoms with Crippen LogP contribution in [-0.2, 0) is 11.2 Å². The van der Waals surface area contributed by atoms with Gasteiger partial charge in [-0.15, -0.1) is 0 Å². The van der Waals surface area contributed by atoms with Gasteiger partial charge in [-0.2, -0.15) is 4.98 Å². The lowest BCUT2D eigenvalue weighted by Crippen LogP contribution is -2.56. The number of carbonyl (C=O) groups is 1. The molecule has 6 nitrogen and oxygen atoms in total. The number of thiocarbonyl (C=S) groups is 1. The van der Waals surface area contributed by atoms with Gasteiger partial charge in [0, 0.05) is 13.0 Å². The number of hydrogen-bond donors (Lipinski definition) is 2. The molecule has 1 aliphatic rings. The van der Waals surface area contributed by atoms with E-state index in [2.05, 4.69) is 26.9 Å². The first-order chi connectivity index (χ1) is 8.54. The minimum atomic E-state index is -0.647. The van der Waals surface area contributed by atoms with E-state index in [1.807, 2.05) is 0 Å². The molecule has 1 fully saturated rings. The second-order valence-electron chi connectivity index (χ2n) is 4.81. The first kappa shape index (κ1) is 12.9. The number of nitrogens with two attached hydrogens (primary N) is 1. The largest absolute Gasteiger partial charge is 0.392 e. The Hall–Kier alpha value is -1.50. The Balaban J connectivity index is 1.85. The van der Waals surface area contributed by atoms with E-state index in [4.69, 9.17) is 18.0 Å². The highest BCUT2D eigenvalue weighted by atomic mass is 32.1. The molecule has 98 valence electrons. The summed E-state index contributed by atoms with van der Waals surface area (Å²) in [5.74, 6) is 0.979. The summed E-state index contributed by atoms with van der Waals surface area (Å²) in [6.45, 7) is 2.54.